The van der Waals surface area contributed by atoms with Crippen LogP contribution in [0.15, 0.2) is 24.3 Å². The van der Waals surface area contributed by atoms with Crippen LogP contribution in [0.5, 0.6) is 0 Å². The molecule has 0 saturated carbocycles. The van der Waals surface area contributed by atoms with Gasteiger partial charge in [0.15, 0.2) is 0 Å². The van der Waals surface area contributed by atoms with Gasteiger partial charge in [-0.3, -0.25) is 0 Å². The van der Waals surface area contributed by atoms with Crippen LogP contribution in [-0.4, -0.2) is 0 Å². The van der Waals surface area contributed by atoms with Crippen LogP contribution in [0.2, 0.25) is 0 Å². The van der Waals surface area contributed by atoms with Crippen LogP contribution in [0.25, 0.3) is 0 Å². The van der Waals surface area contributed by atoms with E-state index in [1.54, 1.807) is 5.57 Å². The molecular formula is C11H20. The first-order chi connectivity index (χ1) is 5.35. The van der Waals surface area contributed by atoms with Crippen LogP contribution in [0.1, 0.15) is 46.0 Å². The molecule has 11 heavy (non-hydrogen) atoms. The number of hydrogen-bond donors (Lipinski definition) is 0. The van der Waals surface area contributed by atoms with E-state index in [0.29, 0.717) is 0 Å². The van der Waals surface area contributed by atoms with Crippen LogP contribution < -0.4 is 0 Å². The predicted molar refractivity (Wildman–Crippen MR) is 52.7 cm³/mol. The Balaban J connectivity index is 3.74. The Morgan fingerprint density at radius 1 is 1.27 bits per heavy atom. The van der Waals surface area contributed by atoms with Crippen molar-refractivity contribution in [3.63, 3.8) is 0 Å². The number of rotatable bonds is 6. The van der Waals surface area contributed by atoms with E-state index >= 15 is 0 Å². The lowest BCUT2D eigenvalue weighted by atomic mass is 10.1. The van der Waals surface area contributed by atoms with Crippen LogP contribution in [0.3, 0.4) is 0 Å². The van der Waals surface area contributed by atoms with Gasteiger partial charge in [0, 0.05) is 0 Å². The third kappa shape index (κ3) is 5.90. The summed E-state index contributed by atoms with van der Waals surface area (Å²) in [5, 5.41) is 0. The standard InChI is InChI=1S/C11H20/c1-4-7-10-11(8-5-2)9-6-3/h5,10H,2,4,6-9H2,1,3H3/b11-10-. The van der Waals surface area contributed by atoms with E-state index in [2.05, 4.69) is 26.5 Å². The first-order valence-electron chi connectivity index (χ1n) is 4.63. The number of hydrogen-bond acceptors (Lipinski definition) is 0. The van der Waals surface area contributed by atoms with Crippen molar-refractivity contribution >= 4 is 0 Å². The van der Waals surface area contributed by atoms with Crippen LogP contribution in [0, 0.1) is 0 Å². The van der Waals surface area contributed by atoms with Gasteiger partial charge in [0.1, 0.15) is 0 Å². The van der Waals surface area contributed by atoms with Gasteiger partial charge in [-0.05, 0) is 19.3 Å². The van der Waals surface area contributed by atoms with E-state index in [9.17, 15) is 0 Å². The maximum Gasteiger partial charge on any atom is -0.0142 e. The third-order valence-electron chi connectivity index (χ3n) is 1.70. The quantitative estimate of drug-likeness (QED) is 0.503. The average molecular weight is 152 g/mol. The first-order valence-corrected chi connectivity index (χ1v) is 4.63. The second-order valence-electron chi connectivity index (χ2n) is 2.89. The molecule has 0 aromatic carbocycles. The van der Waals surface area contributed by atoms with E-state index in [1.807, 2.05) is 6.08 Å². The van der Waals surface area contributed by atoms with Gasteiger partial charge in [0.05, 0.1) is 0 Å². The molecule has 0 spiro atoms. The summed E-state index contributed by atoms with van der Waals surface area (Å²) in [5.74, 6) is 0. The molecule has 0 aliphatic heterocycles. The fourth-order valence-electron chi connectivity index (χ4n) is 1.14. The highest BCUT2D eigenvalue weighted by molar-refractivity contribution is 5.05. The molecule has 0 N–H and O–H groups in total. The Kier molecular flexibility index (Phi) is 7.23. The molecule has 0 aromatic heterocycles. The van der Waals surface area contributed by atoms with E-state index < -0.39 is 0 Å². The number of unbranched alkanes of at least 4 members (excludes halogenated alkanes) is 1. The largest absolute Gasteiger partial charge is 0.103 e. The lowest BCUT2D eigenvalue weighted by molar-refractivity contribution is 0.854. The molecule has 0 aliphatic carbocycles. The van der Waals surface area contributed by atoms with Gasteiger partial charge in [-0.15, -0.1) is 6.58 Å². The van der Waals surface area contributed by atoms with Gasteiger partial charge < -0.3 is 0 Å². The van der Waals surface area contributed by atoms with Crippen molar-refractivity contribution in [1.29, 1.82) is 0 Å². The SMILES string of the molecule is C=CC/C(=C/CCC)CCC. The zero-order valence-corrected chi connectivity index (χ0v) is 7.90. The summed E-state index contributed by atoms with van der Waals surface area (Å²) in [6, 6.07) is 0. The molecular weight excluding hydrogens is 132 g/mol. The molecule has 0 nitrogen and oxygen atoms in total. The van der Waals surface area contributed by atoms with Gasteiger partial charge in [0.25, 0.3) is 0 Å². The van der Waals surface area contributed by atoms with Crippen LogP contribution in [0.4, 0.5) is 0 Å². The molecule has 64 valence electrons. The van der Waals surface area contributed by atoms with E-state index in [-0.39, 0.29) is 0 Å². The smallest absolute Gasteiger partial charge is 0.0142 e. The molecule has 0 heterocycles. The molecule has 0 unspecified atom stereocenters. The Morgan fingerprint density at radius 3 is 2.45 bits per heavy atom. The van der Waals surface area contributed by atoms with Crippen molar-refractivity contribution in [1.82, 2.24) is 0 Å². The van der Waals surface area contributed by atoms with Gasteiger partial charge in [-0.25, -0.2) is 0 Å². The Morgan fingerprint density at radius 2 is 2.00 bits per heavy atom. The second-order valence-corrected chi connectivity index (χ2v) is 2.89. The molecule has 0 bridgehead atoms. The minimum Gasteiger partial charge on any atom is -0.103 e. The van der Waals surface area contributed by atoms with E-state index in [4.69, 9.17) is 0 Å². The normalized spacial score (nSPS) is 11.6. The molecule has 0 aromatic rings. The van der Waals surface area contributed by atoms with Crippen molar-refractivity contribution in [3.8, 4) is 0 Å². The van der Waals surface area contributed by atoms with E-state index in [0.717, 1.165) is 6.42 Å². The summed E-state index contributed by atoms with van der Waals surface area (Å²) in [6.07, 6.45) is 10.4. The lowest BCUT2D eigenvalue weighted by Crippen LogP contribution is -1.80. The van der Waals surface area contributed by atoms with Crippen LogP contribution >= 0.6 is 0 Å². The monoisotopic (exact) mass is 152 g/mol. The summed E-state index contributed by atoms with van der Waals surface area (Å²) in [6.45, 7) is 8.19. The first kappa shape index (κ1) is 10.5. The molecule has 0 fully saturated rings. The van der Waals surface area contributed by atoms with Crippen molar-refractivity contribution in [2.24, 2.45) is 0 Å². The predicted octanol–water partition coefficient (Wildman–Crippen LogP) is 4.09. The molecule has 0 saturated heterocycles. The van der Waals surface area contributed by atoms with Crippen molar-refractivity contribution in [2.45, 2.75) is 46.0 Å². The summed E-state index contributed by atoms with van der Waals surface area (Å²) >= 11 is 0. The second kappa shape index (κ2) is 7.59. The number of allylic oxidation sites excluding steroid dienone is 3. The molecule has 0 amide bonds. The van der Waals surface area contributed by atoms with Gasteiger partial charge >= 0.3 is 0 Å². The lowest BCUT2D eigenvalue weighted by Gasteiger charge is -2.01. The third-order valence-corrected chi connectivity index (χ3v) is 1.70. The molecule has 0 aliphatic rings. The van der Waals surface area contributed by atoms with Gasteiger partial charge in [0.2, 0.25) is 0 Å². The Hall–Kier alpha value is -0.520. The summed E-state index contributed by atoms with van der Waals surface area (Å²) in [5.41, 5.74) is 1.56. The highest BCUT2D eigenvalue weighted by Crippen LogP contribution is 2.11. The summed E-state index contributed by atoms with van der Waals surface area (Å²) < 4.78 is 0. The highest BCUT2D eigenvalue weighted by atomic mass is 14.0. The summed E-state index contributed by atoms with van der Waals surface area (Å²) in [7, 11) is 0. The molecule has 0 atom stereocenters. The molecule has 0 rings (SSSR count). The minimum absolute atomic E-state index is 1.08. The Labute approximate surface area is 71.0 Å². The fraction of sp³-hybridized carbons (Fsp3) is 0.636. The van der Waals surface area contributed by atoms with Crippen molar-refractivity contribution in [2.75, 3.05) is 0 Å². The molecule has 0 heteroatoms. The van der Waals surface area contributed by atoms with Gasteiger partial charge in [-0.2, -0.15) is 0 Å². The maximum absolute atomic E-state index is 3.75. The van der Waals surface area contributed by atoms with E-state index in [1.165, 1.54) is 25.7 Å². The molecule has 0 radical (unpaired) electrons. The zero-order chi connectivity index (χ0) is 8.53. The fourth-order valence-corrected chi connectivity index (χ4v) is 1.14. The Bertz CT molecular complexity index is 120. The summed E-state index contributed by atoms with van der Waals surface area (Å²) in [4.78, 5) is 0. The average Bonchev–Trinajstić information content (AvgIpc) is 2.01. The highest BCUT2D eigenvalue weighted by Gasteiger charge is 1.91. The minimum atomic E-state index is 1.08. The zero-order valence-electron chi connectivity index (χ0n) is 7.90. The van der Waals surface area contributed by atoms with Crippen molar-refractivity contribution in [3.05, 3.63) is 24.3 Å². The maximum atomic E-state index is 3.75. The topological polar surface area (TPSA) is 0 Å². The van der Waals surface area contributed by atoms with Gasteiger partial charge in [-0.1, -0.05) is 44.4 Å². The van der Waals surface area contributed by atoms with Crippen molar-refractivity contribution < 1.29 is 0 Å². The van der Waals surface area contributed by atoms with Crippen LogP contribution in [-0.2, 0) is 0 Å².